The van der Waals surface area contributed by atoms with E-state index in [0.717, 1.165) is 11.1 Å². The maximum atomic E-state index is 11.1. The molecule has 0 saturated heterocycles. The molecule has 0 bridgehead atoms. The van der Waals surface area contributed by atoms with Gasteiger partial charge in [-0.1, -0.05) is 0 Å². The van der Waals surface area contributed by atoms with Gasteiger partial charge in [-0.3, -0.25) is 4.57 Å². The van der Waals surface area contributed by atoms with E-state index in [1.807, 2.05) is 0 Å². The molecule has 4 nitrogen and oxygen atoms in total. The van der Waals surface area contributed by atoms with Gasteiger partial charge in [0.05, 0.1) is 0 Å². The first-order chi connectivity index (χ1) is 6.25. The van der Waals surface area contributed by atoms with Crippen molar-refractivity contribution in [2.24, 2.45) is 0 Å². The van der Waals surface area contributed by atoms with Crippen molar-refractivity contribution in [2.75, 3.05) is 0 Å². The third-order valence-electron chi connectivity index (χ3n) is 2.40. The molecule has 78 valence electrons. The Morgan fingerprint density at radius 1 is 1.14 bits per heavy atom. The summed E-state index contributed by atoms with van der Waals surface area (Å²) in [4.78, 5) is 18.0. The molecule has 1 aromatic carbocycles. The Hall–Kier alpha value is -0.830. The minimum atomic E-state index is -4.39. The van der Waals surface area contributed by atoms with Crippen LogP contribution in [-0.4, -0.2) is 14.9 Å². The van der Waals surface area contributed by atoms with Crippen molar-refractivity contribution < 1.29 is 19.5 Å². The summed E-state index contributed by atoms with van der Waals surface area (Å²) in [6, 6.07) is 1.37. The molecular weight excluding hydrogens is 203 g/mol. The van der Waals surface area contributed by atoms with Gasteiger partial charge in [0.1, 0.15) is 11.1 Å². The highest BCUT2D eigenvalue weighted by Gasteiger charge is 2.25. The predicted molar refractivity (Wildman–Crippen MR) is 54.0 cm³/mol. The van der Waals surface area contributed by atoms with Crippen LogP contribution in [0.2, 0.25) is 0 Å². The lowest BCUT2D eigenvalue weighted by atomic mass is 10.0. The van der Waals surface area contributed by atoms with Crippen molar-refractivity contribution in [3.8, 4) is 5.75 Å². The summed E-state index contributed by atoms with van der Waals surface area (Å²) in [5.74, 6) is -0.334. The summed E-state index contributed by atoms with van der Waals surface area (Å²) in [6.45, 7) is 5.14. The predicted octanol–water partition coefficient (Wildman–Crippen LogP) is 1.12. The second-order valence-electron chi connectivity index (χ2n) is 3.36. The fourth-order valence-electron chi connectivity index (χ4n) is 1.41. The van der Waals surface area contributed by atoms with E-state index < -0.39 is 7.60 Å². The van der Waals surface area contributed by atoms with Gasteiger partial charge in [0.2, 0.25) is 0 Å². The highest BCUT2D eigenvalue weighted by atomic mass is 31.2. The maximum Gasteiger partial charge on any atom is 0.360 e. The molecule has 0 spiro atoms. The minimum Gasteiger partial charge on any atom is -0.507 e. The molecular formula is C9H13O4P. The lowest BCUT2D eigenvalue weighted by Gasteiger charge is -2.14. The second kappa shape index (κ2) is 3.39. The first kappa shape index (κ1) is 11.2. The molecule has 0 aliphatic heterocycles. The van der Waals surface area contributed by atoms with E-state index in [1.165, 1.54) is 6.07 Å². The SMILES string of the molecule is Cc1cc(O)c(P(=O)(O)O)c(C)c1C. The summed E-state index contributed by atoms with van der Waals surface area (Å²) in [7, 11) is -4.39. The molecule has 0 heterocycles. The fourth-order valence-corrected chi connectivity index (χ4v) is 2.38. The Balaban J connectivity index is 3.61. The summed E-state index contributed by atoms with van der Waals surface area (Å²) in [6.07, 6.45) is 0. The summed E-state index contributed by atoms with van der Waals surface area (Å²) in [5, 5.41) is 9.18. The second-order valence-corrected chi connectivity index (χ2v) is 4.89. The first-order valence-electron chi connectivity index (χ1n) is 4.11. The number of aromatic hydroxyl groups is 1. The molecule has 0 radical (unpaired) electrons. The highest BCUT2D eigenvalue weighted by Crippen LogP contribution is 2.39. The number of phenols is 1. The van der Waals surface area contributed by atoms with E-state index in [2.05, 4.69) is 0 Å². The topological polar surface area (TPSA) is 77.8 Å². The summed E-state index contributed by atoms with van der Waals surface area (Å²) < 4.78 is 11.1. The van der Waals surface area contributed by atoms with Gasteiger partial charge in [0.15, 0.2) is 0 Å². The first-order valence-corrected chi connectivity index (χ1v) is 5.72. The molecule has 0 amide bonds. The van der Waals surface area contributed by atoms with E-state index in [-0.39, 0.29) is 11.1 Å². The molecule has 0 atom stereocenters. The van der Waals surface area contributed by atoms with E-state index in [9.17, 15) is 9.67 Å². The normalized spacial score (nSPS) is 11.8. The number of aryl methyl sites for hydroxylation is 1. The van der Waals surface area contributed by atoms with Crippen molar-refractivity contribution in [2.45, 2.75) is 20.8 Å². The van der Waals surface area contributed by atoms with Gasteiger partial charge in [-0.15, -0.1) is 0 Å². The van der Waals surface area contributed by atoms with Crippen LogP contribution in [0, 0.1) is 20.8 Å². The van der Waals surface area contributed by atoms with Crippen LogP contribution in [0.15, 0.2) is 6.07 Å². The van der Waals surface area contributed by atoms with Gasteiger partial charge in [-0.2, -0.15) is 0 Å². The molecule has 0 aromatic heterocycles. The van der Waals surface area contributed by atoms with Crippen LogP contribution < -0.4 is 5.30 Å². The molecule has 0 aliphatic carbocycles. The van der Waals surface area contributed by atoms with Crippen LogP contribution in [0.5, 0.6) is 5.75 Å². The van der Waals surface area contributed by atoms with Crippen LogP contribution in [0.3, 0.4) is 0 Å². The number of phenolic OH excluding ortho intramolecular Hbond substituents is 1. The molecule has 3 N–H and O–H groups in total. The van der Waals surface area contributed by atoms with E-state index in [0.29, 0.717) is 5.56 Å². The lowest BCUT2D eigenvalue weighted by Crippen LogP contribution is -2.11. The van der Waals surface area contributed by atoms with Crippen molar-refractivity contribution in [1.82, 2.24) is 0 Å². The molecule has 0 saturated carbocycles. The third-order valence-corrected chi connectivity index (χ3v) is 3.54. The molecule has 5 heteroatoms. The van der Waals surface area contributed by atoms with E-state index in [4.69, 9.17) is 9.79 Å². The minimum absolute atomic E-state index is 0.263. The zero-order valence-electron chi connectivity index (χ0n) is 8.27. The smallest absolute Gasteiger partial charge is 0.360 e. The number of rotatable bonds is 1. The Labute approximate surface area is 82.4 Å². The number of benzene rings is 1. The van der Waals surface area contributed by atoms with Crippen molar-refractivity contribution >= 4 is 12.9 Å². The van der Waals surface area contributed by atoms with Gasteiger partial charge >= 0.3 is 7.60 Å². The van der Waals surface area contributed by atoms with Crippen LogP contribution in [0.25, 0.3) is 0 Å². The monoisotopic (exact) mass is 216 g/mol. The number of hydrogen-bond donors (Lipinski definition) is 3. The fraction of sp³-hybridized carbons (Fsp3) is 0.333. The zero-order chi connectivity index (χ0) is 11.1. The maximum absolute atomic E-state index is 11.1. The van der Waals surface area contributed by atoms with Crippen molar-refractivity contribution in [1.29, 1.82) is 0 Å². The molecule has 0 unspecified atom stereocenters. The molecule has 0 fully saturated rings. The Morgan fingerprint density at radius 3 is 2.07 bits per heavy atom. The van der Waals surface area contributed by atoms with Crippen LogP contribution in [0.1, 0.15) is 16.7 Å². The Morgan fingerprint density at radius 2 is 1.64 bits per heavy atom. The van der Waals surface area contributed by atoms with Gasteiger partial charge in [0, 0.05) is 0 Å². The standard InChI is InChI=1S/C9H13O4P/c1-5-4-8(10)9(14(11,12)13)7(3)6(5)2/h4,10H,1-3H3,(H2,11,12,13). The Kier molecular flexibility index (Phi) is 2.72. The molecule has 1 rings (SSSR count). The average molecular weight is 216 g/mol. The van der Waals surface area contributed by atoms with E-state index >= 15 is 0 Å². The molecule has 1 aromatic rings. The van der Waals surface area contributed by atoms with Crippen LogP contribution >= 0.6 is 7.60 Å². The largest absolute Gasteiger partial charge is 0.507 e. The van der Waals surface area contributed by atoms with Gasteiger partial charge < -0.3 is 14.9 Å². The van der Waals surface area contributed by atoms with Crippen LogP contribution in [0.4, 0.5) is 0 Å². The highest BCUT2D eigenvalue weighted by molar-refractivity contribution is 7.60. The molecule has 14 heavy (non-hydrogen) atoms. The molecule has 0 aliphatic rings. The lowest BCUT2D eigenvalue weighted by molar-refractivity contribution is 0.384. The van der Waals surface area contributed by atoms with Gasteiger partial charge in [0.25, 0.3) is 0 Å². The average Bonchev–Trinajstić information content (AvgIpc) is 1.97. The van der Waals surface area contributed by atoms with Crippen molar-refractivity contribution in [3.63, 3.8) is 0 Å². The summed E-state index contributed by atoms with van der Waals surface area (Å²) in [5.41, 5.74) is 2.06. The number of hydrogen-bond acceptors (Lipinski definition) is 2. The van der Waals surface area contributed by atoms with Crippen molar-refractivity contribution in [3.05, 3.63) is 22.8 Å². The summed E-state index contributed by atoms with van der Waals surface area (Å²) >= 11 is 0. The van der Waals surface area contributed by atoms with Crippen LogP contribution in [-0.2, 0) is 4.57 Å². The zero-order valence-corrected chi connectivity index (χ0v) is 9.17. The third kappa shape index (κ3) is 1.82. The van der Waals surface area contributed by atoms with Gasteiger partial charge in [-0.05, 0) is 43.5 Å². The van der Waals surface area contributed by atoms with E-state index in [1.54, 1.807) is 20.8 Å². The Bertz CT molecular complexity index is 419. The van der Waals surface area contributed by atoms with Gasteiger partial charge in [-0.25, -0.2) is 0 Å². The quantitative estimate of drug-likeness (QED) is 0.615.